The average molecular weight is 245 g/mol. The highest BCUT2D eigenvalue weighted by molar-refractivity contribution is 5.63. The lowest BCUT2D eigenvalue weighted by Gasteiger charge is -2.13. The SMILES string of the molecule is COc1cccc(Oc2ccccc2CO)c1N. The van der Waals surface area contributed by atoms with Gasteiger partial charge in [-0.25, -0.2) is 0 Å². The molecule has 0 aromatic heterocycles. The zero-order chi connectivity index (χ0) is 13.0. The second kappa shape index (κ2) is 5.42. The van der Waals surface area contributed by atoms with Crippen LogP contribution in [0.3, 0.4) is 0 Å². The topological polar surface area (TPSA) is 64.7 Å². The largest absolute Gasteiger partial charge is 0.494 e. The van der Waals surface area contributed by atoms with Crippen molar-refractivity contribution in [3.8, 4) is 17.2 Å². The number of nitrogen functional groups attached to an aromatic ring is 1. The first-order valence-corrected chi connectivity index (χ1v) is 5.55. The fourth-order valence-corrected chi connectivity index (χ4v) is 1.64. The number of para-hydroxylation sites is 2. The highest BCUT2D eigenvalue weighted by atomic mass is 16.5. The lowest BCUT2D eigenvalue weighted by Crippen LogP contribution is -1.97. The first-order valence-electron chi connectivity index (χ1n) is 5.55. The number of aliphatic hydroxyl groups is 1. The predicted molar refractivity (Wildman–Crippen MR) is 69.8 cm³/mol. The molecule has 0 aliphatic rings. The summed E-state index contributed by atoms with van der Waals surface area (Å²) in [6, 6.07) is 12.6. The van der Waals surface area contributed by atoms with Crippen molar-refractivity contribution in [3.63, 3.8) is 0 Å². The Morgan fingerprint density at radius 1 is 1.00 bits per heavy atom. The molecule has 0 spiro atoms. The number of hydrogen-bond acceptors (Lipinski definition) is 4. The van der Waals surface area contributed by atoms with Crippen molar-refractivity contribution in [3.05, 3.63) is 48.0 Å². The monoisotopic (exact) mass is 245 g/mol. The van der Waals surface area contributed by atoms with Gasteiger partial charge in [0.25, 0.3) is 0 Å². The molecule has 4 nitrogen and oxygen atoms in total. The molecular weight excluding hydrogens is 230 g/mol. The third kappa shape index (κ3) is 2.38. The molecule has 0 radical (unpaired) electrons. The lowest BCUT2D eigenvalue weighted by molar-refractivity contribution is 0.276. The van der Waals surface area contributed by atoms with Gasteiger partial charge in [-0.15, -0.1) is 0 Å². The van der Waals surface area contributed by atoms with E-state index in [2.05, 4.69) is 0 Å². The second-order valence-electron chi connectivity index (χ2n) is 3.74. The summed E-state index contributed by atoms with van der Waals surface area (Å²) in [4.78, 5) is 0. The van der Waals surface area contributed by atoms with Crippen molar-refractivity contribution in [2.75, 3.05) is 12.8 Å². The van der Waals surface area contributed by atoms with Crippen LogP contribution in [0.2, 0.25) is 0 Å². The van der Waals surface area contributed by atoms with Gasteiger partial charge in [0.05, 0.1) is 13.7 Å². The molecular formula is C14H15NO3. The first kappa shape index (κ1) is 12.3. The molecule has 0 aliphatic heterocycles. The van der Waals surface area contributed by atoms with E-state index in [0.717, 1.165) is 0 Å². The number of anilines is 1. The van der Waals surface area contributed by atoms with Crippen LogP contribution in [-0.2, 0) is 6.61 Å². The smallest absolute Gasteiger partial charge is 0.154 e. The van der Waals surface area contributed by atoms with Crippen LogP contribution in [0.1, 0.15) is 5.56 Å². The summed E-state index contributed by atoms with van der Waals surface area (Å²) < 4.78 is 10.8. The van der Waals surface area contributed by atoms with Crippen LogP contribution in [0.15, 0.2) is 42.5 Å². The summed E-state index contributed by atoms with van der Waals surface area (Å²) in [6.07, 6.45) is 0. The summed E-state index contributed by atoms with van der Waals surface area (Å²) in [5, 5.41) is 9.23. The van der Waals surface area contributed by atoms with E-state index >= 15 is 0 Å². The number of rotatable bonds is 4. The van der Waals surface area contributed by atoms with Gasteiger partial charge in [0.15, 0.2) is 5.75 Å². The number of methoxy groups -OCH3 is 1. The van der Waals surface area contributed by atoms with Gasteiger partial charge in [-0.2, -0.15) is 0 Å². The molecule has 0 atom stereocenters. The summed E-state index contributed by atoms with van der Waals surface area (Å²) in [7, 11) is 1.55. The fraction of sp³-hybridized carbons (Fsp3) is 0.143. The molecule has 0 saturated carbocycles. The van der Waals surface area contributed by atoms with Crippen LogP contribution < -0.4 is 15.2 Å². The molecule has 2 aromatic rings. The Labute approximate surface area is 106 Å². The van der Waals surface area contributed by atoms with E-state index < -0.39 is 0 Å². The maximum absolute atomic E-state index is 9.23. The summed E-state index contributed by atoms with van der Waals surface area (Å²) in [5.74, 6) is 1.66. The van der Waals surface area contributed by atoms with Crippen LogP contribution in [0.25, 0.3) is 0 Å². The normalized spacial score (nSPS) is 10.1. The maximum atomic E-state index is 9.23. The predicted octanol–water partition coefficient (Wildman–Crippen LogP) is 2.56. The Bertz CT molecular complexity index is 540. The molecule has 3 N–H and O–H groups in total. The van der Waals surface area contributed by atoms with E-state index in [9.17, 15) is 5.11 Å². The van der Waals surface area contributed by atoms with E-state index in [-0.39, 0.29) is 6.61 Å². The quantitative estimate of drug-likeness (QED) is 0.812. The van der Waals surface area contributed by atoms with Crippen molar-refractivity contribution in [2.24, 2.45) is 0 Å². The van der Waals surface area contributed by atoms with Crippen LogP contribution in [0.5, 0.6) is 17.2 Å². The molecule has 18 heavy (non-hydrogen) atoms. The Balaban J connectivity index is 2.34. The molecule has 2 aromatic carbocycles. The maximum Gasteiger partial charge on any atom is 0.154 e. The number of aliphatic hydroxyl groups excluding tert-OH is 1. The fourth-order valence-electron chi connectivity index (χ4n) is 1.64. The molecule has 0 unspecified atom stereocenters. The van der Waals surface area contributed by atoms with Gasteiger partial charge < -0.3 is 20.3 Å². The van der Waals surface area contributed by atoms with Crippen molar-refractivity contribution >= 4 is 5.69 Å². The lowest BCUT2D eigenvalue weighted by atomic mass is 10.2. The molecule has 0 fully saturated rings. The third-order valence-corrected chi connectivity index (χ3v) is 2.61. The van der Waals surface area contributed by atoms with Crippen molar-refractivity contribution in [2.45, 2.75) is 6.61 Å². The van der Waals surface area contributed by atoms with E-state index in [1.807, 2.05) is 12.1 Å². The molecule has 0 saturated heterocycles. The van der Waals surface area contributed by atoms with Gasteiger partial charge in [0.2, 0.25) is 0 Å². The van der Waals surface area contributed by atoms with Gasteiger partial charge in [0, 0.05) is 5.56 Å². The summed E-state index contributed by atoms with van der Waals surface area (Å²) in [6.45, 7) is -0.0833. The minimum absolute atomic E-state index is 0.0833. The van der Waals surface area contributed by atoms with Crippen LogP contribution in [0, 0.1) is 0 Å². The third-order valence-electron chi connectivity index (χ3n) is 2.61. The van der Waals surface area contributed by atoms with Crippen LogP contribution >= 0.6 is 0 Å². The van der Waals surface area contributed by atoms with E-state index in [1.54, 1.807) is 37.4 Å². The molecule has 0 heterocycles. The highest BCUT2D eigenvalue weighted by Crippen LogP contribution is 2.35. The zero-order valence-corrected chi connectivity index (χ0v) is 10.1. The van der Waals surface area contributed by atoms with E-state index in [1.165, 1.54) is 0 Å². The highest BCUT2D eigenvalue weighted by Gasteiger charge is 2.09. The van der Waals surface area contributed by atoms with E-state index in [0.29, 0.717) is 28.5 Å². The van der Waals surface area contributed by atoms with Gasteiger partial charge in [-0.1, -0.05) is 24.3 Å². The number of ether oxygens (including phenoxy) is 2. The number of benzene rings is 2. The van der Waals surface area contributed by atoms with Crippen LogP contribution in [-0.4, -0.2) is 12.2 Å². The van der Waals surface area contributed by atoms with Crippen molar-refractivity contribution in [1.29, 1.82) is 0 Å². The summed E-state index contributed by atoms with van der Waals surface area (Å²) in [5.41, 5.74) is 7.07. The number of hydrogen-bond donors (Lipinski definition) is 2. The van der Waals surface area contributed by atoms with Crippen molar-refractivity contribution < 1.29 is 14.6 Å². The molecule has 94 valence electrons. The second-order valence-corrected chi connectivity index (χ2v) is 3.74. The molecule has 4 heteroatoms. The minimum Gasteiger partial charge on any atom is -0.494 e. The van der Waals surface area contributed by atoms with Gasteiger partial charge >= 0.3 is 0 Å². The Hall–Kier alpha value is -2.20. The number of nitrogens with two attached hydrogens (primary N) is 1. The van der Waals surface area contributed by atoms with Gasteiger partial charge in [-0.05, 0) is 18.2 Å². The average Bonchev–Trinajstić information content (AvgIpc) is 2.42. The Kier molecular flexibility index (Phi) is 3.69. The molecule has 0 amide bonds. The summed E-state index contributed by atoms with van der Waals surface area (Å²) >= 11 is 0. The molecule has 0 aliphatic carbocycles. The molecule has 0 bridgehead atoms. The first-order chi connectivity index (χ1) is 8.76. The van der Waals surface area contributed by atoms with Gasteiger partial charge in [-0.3, -0.25) is 0 Å². The zero-order valence-electron chi connectivity index (χ0n) is 10.1. The van der Waals surface area contributed by atoms with Crippen molar-refractivity contribution in [1.82, 2.24) is 0 Å². The van der Waals surface area contributed by atoms with Gasteiger partial charge in [0.1, 0.15) is 17.2 Å². The minimum atomic E-state index is -0.0833. The van der Waals surface area contributed by atoms with Crippen LogP contribution in [0.4, 0.5) is 5.69 Å². The molecule has 2 rings (SSSR count). The Morgan fingerprint density at radius 2 is 1.67 bits per heavy atom. The van der Waals surface area contributed by atoms with E-state index in [4.69, 9.17) is 15.2 Å². The standard InChI is InChI=1S/C14H15NO3/c1-17-12-7-4-8-13(14(12)15)18-11-6-3-2-5-10(11)9-16/h2-8,16H,9,15H2,1H3. The Morgan fingerprint density at radius 3 is 2.39 bits per heavy atom.